The molecule has 0 radical (unpaired) electrons. The summed E-state index contributed by atoms with van der Waals surface area (Å²) in [5, 5.41) is 1.25. The van der Waals surface area contributed by atoms with Crippen LogP contribution in [0.15, 0.2) is 36.4 Å². The van der Waals surface area contributed by atoms with Crippen LogP contribution in [0, 0.1) is 20.8 Å². The van der Waals surface area contributed by atoms with E-state index in [1.54, 1.807) is 0 Å². The van der Waals surface area contributed by atoms with E-state index in [2.05, 4.69) is 80.8 Å². The number of rotatable bonds is 2. The molecular weight excluding hydrogens is 370 g/mol. The zero-order valence-electron chi connectivity index (χ0n) is 18.7. The van der Waals surface area contributed by atoms with Crippen molar-refractivity contribution < 1.29 is 4.74 Å². The van der Waals surface area contributed by atoms with Crippen molar-refractivity contribution in [2.75, 3.05) is 42.6 Å². The molecule has 0 spiro atoms. The van der Waals surface area contributed by atoms with Crippen LogP contribution in [0.4, 0.5) is 17.1 Å². The van der Waals surface area contributed by atoms with Crippen LogP contribution in [0.3, 0.4) is 0 Å². The van der Waals surface area contributed by atoms with E-state index in [-0.39, 0.29) is 5.41 Å². The highest BCUT2D eigenvalue weighted by Crippen LogP contribution is 2.48. The average Bonchev–Trinajstić information content (AvgIpc) is 3.00. The minimum absolute atomic E-state index is 0.0959. The molecule has 2 aromatic carbocycles. The van der Waals surface area contributed by atoms with Crippen molar-refractivity contribution in [2.45, 2.75) is 40.0 Å². The molecule has 1 fully saturated rings. The lowest BCUT2D eigenvalue weighted by Gasteiger charge is -2.30. The summed E-state index contributed by atoms with van der Waals surface area (Å²) >= 11 is 0. The van der Waals surface area contributed by atoms with Gasteiger partial charge in [-0.1, -0.05) is 31.5 Å². The molecule has 4 heteroatoms. The molecule has 156 valence electrons. The lowest BCUT2D eigenvalue weighted by molar-refractivity contribution is 0.122. The molecule has 2 aliphatic heterocycles. The smallest absolute Gasteiger partial charge is 0.0726 e. The zero-order chi connectivity index (χ0) is 21.0. The summed E-state index contributed by atoms with van der Waals surface area (Å²) < 4.78 is 5.57. The Morgan fingerprint density at radius 3 is 2.50 bits per heavy atom. The Morgan fingerprint density at radius 1 is 0.967 bits per heavy atom. The van der Waals surface area contributed by atoms with Crippen LogP contribution < -0.4 is 9.80 Å². The molecule has 5 rings (SSSR count). The van der Waals surface area contributed by atoms with Gasteiger partial charge in [-0.3, -0.25) is 4.98 Å². The molecule has 0 saturated carbocycles. The third-order valence-corrected chi connectivity index (χ3v) is 6.79. The molecule has 0 N–H and O–H groups in total. The number of aromatic nitrogens is 1. The number of pyridine rings is 1. The van der Waals surface area contributed by atoms with Crippen LogP contribution in [0.5, 0.6) is 0 Å². The molecule has 2 aliphatic rings. The SMILES string of the molecule is Cc1ccc2nc(C)c(C)c(N3CC(C)(C)c4ccc(N5CCOCC5)cc43)c2c1. The Bertz CT molecular complexity index is 1130. The monoisotopic (exact) mass is 401 g/mol. The quantitative estimate of drug-likeness (QED) is 0.573. The second-order valence-corrected chi connectivity index (χ2v) is 9.46. The van der Waals surface area contributed by atoms with Crippen molar-refractivity contribution in [3.8, 4) is 0 Å². The van der Waals surface area contributed by atoms with Crippen LogP contribution in [0.1, 0.15) is 36.2 Å². The summed E-state index contributed by atoms with van der Waals surface area (Å²) in [4.78, 5) is 9.87. The summed E-state index contributed by atoms with van der Waals surface area (Å²) in [6, 6.07) is 13.6. The largest absolute Gasteiger partial charge is 0.378 e. The first-order chi connectivity index (χ1) is 14.3. The summed E-state index contributed by atoms with van der Waals surface area (Å²) in [6.45, 7) is 15.7. The number of fused-ring (bicyclic) bond motifs is 2. The Labute approximate surface area is 179 Å². The minimum atomic E-state index is 0.0959. The lowest BCUT2D eigenvalue weighted by atomic mass is 9.87. The maximum Gasteiger partial charge on any atom is 0.0726 e. The van der Waals surface area contributed by atoms with Gasteiger partial charge in [0.15, 0.2) is 0 Å². The van der Waals surface area contributed by atoms with Crippen molar-refractivity contribution >= 4 is 28.0 Å². The molecule has 1 aromatic heterocycles. The fraction of sp³-hybridized carbons (Fsp3) is 0.423. The van der Waals surface area contributed by atoms with E-state index < -0.39 is 0 Å². The normalized spacial score (nSPS) is 18.2. The van der Waals surface area contributed by atoms with Gasteiger partial charge in [-0.05, 0) is 56.2 Å². The summed E-state index contributed by atoms with van der Waals surface area (Å²) in [6.07, 6.45) is 0. The van der Waals surface area contributed by atoms with Gasteiger partial charge in [0.2, 0.25) is 0 Å². The molecule has 3 heterocycles. The molecule has 3 aromatic rings. The van der Waals surface area contributed by atoms with Gasteiger partial charge in [0.05, 0.1) is 24.4 Å². The van der Waals surface area contributed by atoms with Crippen LogP contribution in [-0.4, -0.2) is 37.8 Å². The van der Waals surface area contributed by atoms with Crippen molar-refractivity contribution in [1.29, 1.82) is 0 Å². The Kier molecular flexibility index (Phi) is 4.51. The highest BCUT2D eigenvalue weighted by molar-refractivity contribution is 5.97. The van der Waals surface area contributed by atoms with E-state index in [1.165, 1.54) is 39.1 Å². The first kappa shape index (κ1) is 19.4. The van der Waals surface area contributed by atoms with Gasteiger partial charge in [-0.15, -0.1) is 0 Å². The van der Waals surface area contributed by atoms with Gasteiger partial charge >= 0.3 is 0 Å². The molecule has 0 bridgehead atoms. The molecule has 0 atom stereocenters. The fourth-order valence-corrected chi connectivity index (χ4v) is 5.02. The van der Waals surface area contributed by atoms with Gasteiger partial charge in [0, 0.05) is 47.5 Å². The lowest BCUT2D eigenvalue weighted by Crippen LogP contribution is -2.36. The maximum atomic E-state index is 5.57. The Morgan fingerprint density at radius 2 is 1.73 bits per heavy atom. The van der Waals surface area contributed by atoms with Crippen LogP contribution >= 0.6 is 0 Å². The zero-order valence-corrected chi connectivity index (χ0v) is 18.7. The molecule has 0 amide bonds. The third kappa shape index (κ3) is 3.05. The van der Waals surface area contributed by atoms with E-state index in [9.17, 15) is 0 Å². The van der Waals surface area contributed by atoms with Crippen molar-refractivity contribution in [3.05, 3.63) is 58.8 Å². The second-order valence-electron chi connectivity index (χ2n) is 9.46. The van der Waals surface area contributed by atoms with E-state index in [4.69, 9.17) is 9.72 Å². The van der Waals surface area contributed by atoms with Crippen LogP contribution in [-0.2, 0) is 10.2 Å². The van der Waals surface area contributed by atoms with Gasteiger partial charge in [0.1, 0.15) is 0 Å². The molecule has 30 heavy (non-hydrogen) atoms. The number of aryl methyl sites for hydroxylation is 2. The minimum Gasteiger partial charge on any atom is -0.378 e. The predicted octanol–water partition coefficient (Wildman–Crippen LogP) is 5.43. The average molecular weight is 402 g/mol. The second kappa shape index (κ2) is 6.98. The van der Waals surface area contributed by atoms with Gasteiger partial charge in [-0.2, -0.15) is 0 Å². The topological polar surface area (TPSA) is 28.6 Å². The Hall–Kier alpha value is -2.59. The molecular formula is C26H31N3O. The van der Waals surface area contributed by atoms with Crippen molar-refractivity contribution in [2.24, 2.45) is 0 Å². The summed E-state index contributed by atoms with van der Waals surface area (Å²) in [7, 11) is 0. The first-order valence-electron chi connectivity index (χ1n) is 11.0. The number of anilines is 3. The van der Waals surface area contributed by atoms with Gasteiger partial charge in [0.25, 0.3) is 0 Å². The fourth-order valence-electron chi connectivity index (χ4n) is 5.02. The highest BCUT2D eigenvalue weighted by atomic mass is 16.5. The number of benzene rings is 2. The molecule has 0 aliphatic carbocycles. The number of nitrogens with zero attached hydrogens (tertiary/aromatic N) is 3. The molecule has 4 nitrogen and oxygen atoms in total. The predicted molar refractivity (Wildman–Crippen MR) is 125 cm³/mol. The molecule has 0 unspecified atom stereocenters. The van der Waals surface area contributed by atoms with Crippen molar-refractivity contribution in [3.63, 3.8) is 0 Å². The summed E-state index contributed by atoms with van der Waals surface area (Å²) in [5.41, 5.74) is 10.2. The van der Waals surface area contributed by atoms with E-state index >= 15 is 0 Å². The van der Waals surface area contributed by atoms with Crippen LogP contribution in [0.25, 0.3) is 10.9 Å². The summed E-state index contributed by atoms with van der Waals surface area (Å²) in [5.74, 6) is 0. The number of ether oxygens (including phenoxy) is 1. The number of hydrogen-bond donors (Lipinski definition) is 0. The first-order valence-corrected chi connectivity index (χ1v) is 11.0. The molecule has 1 saturated heterocycles. The van der Waals surface area contributed by atoms with E-state index in [0.29, 0.717) is 0 Å². The van der Waals surface area contributed by atoms with Gasteiger partial charge in [-0.25, -0.2) is 0 Å². The third-order valence-electron chi connectivity index (χ3n) is 6.79. The van der Waals surface area contributed by atoms with E-state index in [1.807, 2.05) is 0 Å². The van der Waals surface area contributed by atoms with Gasteiger partial charge < -0.3 is 14.5 Å². The number of morpholine rings is 1. The maximum absolute atomic E-state index is 5.57. The standard InChI is InChI=1S/C26H31N3O/c1-17-6-9-23-21(14-17)25(18(2)19(3)27-23)29-16-26(4,5)22-8-7-20(15-24(22)29)28-10-12-30-13-11-28/h6-9,14-15H,10-13,16H2,1-5H3. The van der Waals surface area contributed by atoms with E-state index in [0.717, 1.165) is 44.1 Å². The van der Waals surface area contributed by atoms with Crippen molar-refractivity contribution in [1.82, 2.24) is 4.98 Å². The Balaban J connectivity index is 1.71. The van der Waals surface area contributed by atoms with Crippen LogP contribution in [0.2, 0.25) is 0 Å². The number of hydrogen-bond acceptors (Lipinski definition) is 4. The highest BCUT2D eigenvalue weighted by Gasteiger charge is 2.37.